The highest BCUT2D eigenvalue weighted by Gasteiger charge is 2.49. The maximum absolute atomic E-state index is 12.9. The summed E-state index contributed by atoms with van der Waals surface area (Å²) in [5.74, 6) is -0.496. The van der Waals surface area contributed by atoms with E-state index in [0.29, 0.717) is 5.56 Å². The quantitative estimate of drug-likeness (QED) is 0.614. The van der Waals surface area contributed by atoms with Gasteiger partial charge in [-0.15, -0.1) is 0 Å². The van der Waals surface area contributed by atoms with Crippen molar-refractivity contribution >= 4 is 12.1 Å². The Bertz CT molecular complexity index is 656. The van der Waals surface area contributed by atoms with Gasteiger partial charge in [-0.2, -0.15) is 0 Å². The summed E-state index contributed by atoms with van der Waals surface area (Å²) in [6.07, 6.45) is 3.19. The molecular formula is C21H31NO6. The molecule has 1 aromatic carbocycles. The maximum Gasteiger partial charge on any atom is 0.343 e. The van der Waals surface area contributed by atoms with Crippen LogP contribution in [0.1, 0.15) is 37.7 Å². The molecule has 7 heteroatoms. The van der Waals surface area contributed by atoms with E-state index in [0.717, 1.165) is 56.8 Å². The van der Waals surface area contributed by atoms with Crippen LogP contribution in [-0.4, -0.2) is 62.1 Å². The highest BCUT2D eigenvalue weighted by Crippen LogP contribution is 2.42. The van der Waals surface area contributed by atoms with Gasteiger partial charge in [-0.3, -0.25) is 0 Å². The fourth-order valence-electron chi connectivity index (χ4n) is 4.12. The number of methoxy groups -OCH3 is 1. The Morgan fingerprint density at radius 2 is 1.71 bits per heavy atom. The van der Waals surface area contributed by atoms with E-state index in [1.165, 1.54) is 0 Å². The molecule has 2 atom stereocenters. The molecule has 0 radical (unpaired) electrons. The SMILES string of the molecule is COC(=O)[O-].C[N+]1(C)CCC(OC(=O)C(O)(c2ccccc2)C2CCCC2)C1. The largest absolute Gasteiger partial charge is 0.553 e. The van der Waals surface area contributed by atoms with Crippen LogP contribution in [0.4, 0.5) is 4.79 Å². The van der Waals surface area contributed by atoms with Crippen LogP contribution in [0.5, 0.6) is 0 Å². The highest BCUT2D eigenvalue weighted by atomic mass is 16.6. The molecule has 2 fully saturated rings. The zero-order valence-electron chi connectivity index (χ0n) is 16.9. The Morgan fingerprint density at radius 1 is 1.14 bits per heavy atom. The van der Waals surface area contributed by atoms with Crippen LogP contribution in [0, 0.1) is 5.92 Å². The van der Waals surface area contributed by atoms with Gasteiger partial charge in [0.2, 0.25) is 0 Å². The molecule has 2 aliphatic rings. The van der Waals surface area contributed by atoms with Gasteiger partial charge < -0.3 is 29.0 Å². The third kappa shape index (κ3) is 5.45. The number of rotatable bonds is 4. The summed E-state index contributed by atoms with van der Waals surface area (Å²) in [7, 11) is 5.33. The predicted molar refractivity (Wildman–Crippen MR) is 101 cm³/mol. The molecule has 3 rings (SSSR count). The van der Waals surface area contributed by atoms with E-state index < -0.39 is 17.7 Å². The van der Waals surface area contributed by atoms with E-state index in [1.807, 2.05) is 30.3 Å². The molecule has 0 spiro atoms. The molecule has 1 saturated carbocycles. The van der Waals surface area contributed by atoms with Crippen molar-refractivity contribution in [1.29, 1.82) is 0 Å². The van der Waals surface area contributed by atoms with Crippen molar-refractivity contribution in [1.82, 2.24) is 0 Å². The minimum atomic E-state index is -1.50. The number of carbonyl (C=O) groups excluding carboxylic acids is 2. The van der Waals surface area contributed by atoms with Crippen LogP contribution in [-0.2, 0) is 19.9 Å². The molecule has 0 aromatic heterocycles. The second-order valence-corrected chi connectivity index (χ2v) is 8.23. The number of likely N-dealkylation sites (N-methyl/N-ethyl adjacent to an activating group) is 1. The summed E-state index contributed by atoms with van der Waals surface area (Å²) in [5, 5.41) is 20.4. The molecule has 7 nitrogen and oxygen atoms in total. The lowest BCUT2D eigenvalue weighted by Crippen LogP contribution is -2.46. The van der Waals surface area contributed by atoms with Crippen molar-refractivity contribution in [2.75, 3.05) is 34.3 Å². The van der Waals surface area contributed by atoms with Crippen molar-refractivity contribution in [3.05, 3.63) is 35.9 Å². The van der Waals surface area contributed by atoms with Crippen molar-refractivity contribution in [2.24, 2.45) is 5.92 Å². The van der Waals surface area contributed by atoms with Gasteiger partial charge >= 0.3 is 5.97 Å². The minimum absolute atomic E-state index is 0.0405. The van der Waals surface area contributed by atoms with Gasteiger partial charge in [-0.1, -0.05) is 43.2 Å². The number of nitrogens with zero attached hydrogens (tertiary/aromatic N) is 1. The summed E-state index contributed by atoms with van der Waals surface area (Å²) in [4.78, 5) is 22.0. The summed E-state index contributed by atoms with van der Waals surface area (Å²) in [5.41, 5.74) is -0.832. The van der Waals surface area contributed by atoms with E-state index in [2.05, 4.69) is 18.8 Å². The summed E-state index contributed by atoms with van der Waals surface area (Å²) >= 11 is 0. The van der Waals surface area contributed by atoms with Crippen LogP contribution in [0.3, 0.4) is 0 Å². The number of benzene rings is 1. The van der Waals surface area contributed by atoms with Crippen molar-refractivity contribution in [3.63, 3.8) is 0 Å². The molecule has 1 saturated heterocycles. The first-order valence-corrected chi connectivity index (χ1v) is 9.75. The fourth-order valence-corrected chi connectivity index (χ4v) is 4.12. The Morgan fingerprint density at radius 3 is 2.18 bits per heavy atom. The summed E-state index contributed by atoms with van der Waals surface area (Å²) in [6.45, 7) is 1.83. The van der Waals surface area contributed by atoms with E-state index >= 15 is 0 Å². The van der Waals surface area contributed by atoms with Crippen LogP contribution >= 0.6 is 0 Å². The molecule has 1 N–H and O–H groups in total. The number of aliphatic hydroxyl groups is 1. The predicted octanol–water partition coefficient (Wildman–Crippen LogP) is 1.43. The van der Waals surface area contributed by atoms with Gasteiger partial charge in [0, 0.05) is 19.4 Å². The molecule has 2 unspecified atom stereocenters. The van der Waals surface area contributed by atoms with Gasteiger partial charge in [0.15, 0.2) is 11.7 Å². The van der Waals surface area contributed by atoms with Gasteiger partial charge in [0.25, 0.3) is 6.16 Å². The average molecular weight is 393 g/mol. The van der Waals surface area contributed by atoms with Crippen molar-refractivity contribution in [3.8, 4) is 0 Å². The lowest BCUT2D eigenvalue weighted by molar-refractivity contribution is -0.879. The van der Waals surface area contributed by atoms with E-state index in [1.54, 1.807) is 0 Å². The molecule has 1 aliphatic carbocycles. The molecule has 0 bridgehead atoms. The first kappa shape index (κ1) is 22.2. The highest BCUT2D eigenvalue weighted by molar-refractivity contribution is 5.81. The monoisotopic (exact) mass is 393 g/mol. The molecule has 0 amide bonds. The molecule has 1 aliphatic heterocycles. The lowest BCUT2D eigenvalue weighted by atomic mass is 9.80. The lowest BCUT2D eigenvalue weighted by Gasteiger charge is -2.33. The molecular weight excluding hydrogens is 362 g/mol. The Kier molecular flexibility index (Phi) is 7.43. The van der Waals surface area contributed by atoms with E-state index in [9.17, 15) is 9.90 Å². The second kappa shape index (κ2) is 9.39. The first-order chi connectivity index (χ1) is 13.2. The zero-order valence-corrected chi connectivity index (χ0v) is 16.9. The fraction of sp³-hybridized carbons (Fsp3) is 0.619. The Labute approximate surface area is 166 Å². The number of likely N-dealkylation sites (tertiary alicyclic amines) is 1. The topological polar surface area (TPSA) is 95.9 Å². The molecule has 1 aromatic rings. The zero-order chi connectivity index (χ0) is 20.8. The summed E-state index contributed by atoms with van der Waals surface area (Å²) in [6, 6.07) is 9.33. The molecule has 28 heavy (non-hydrogen) atoms. The standard InChI is InChI=1S/C19H28NO3.C2H4O3/c1-20(2)13-12-17(14-20)23-18(21)19(22,16-10-6-7-11-16)15-8-4-3-5-9-15;1-5-2(3)4/h3-5,8-9,16-17,22H,6-7,10-14H2,1-2H3;1H3,(H,3,4)/q+1;/p-1. The number of ether oxygens (including phenoxy) is 2. The van der Waals surface area contributed by atoms with Gasteiger partial charge in [-0.05, 0) is 18.4 Å². The van der Waals surface area contributed by atoms with E-state index in [-0.39, 0.29) is 12.0 Å². The van der Waals surface area contributed by atoms with E-state index in [4.69, 9.17) is 14.6 Å². The Hall–Kier alpha value is -2.12. The molecule has 1 heterocycles. The number of hydrogen-bond acceptors (Lipinski definition) is 6. The molecule has 156 valence electrons. The van der Waals surface area contributed by atoms with Crippen LogP contribution < -0.4 is 5.11 Å². The van der Waals surface area contributed by atoms with Gasteiger partial charge in [0.1, 0.15) is 6.54 Å². The number of hydrogen-bond donors (Lipinski definition) is 1. The van der Waals surface area contributed by atoms with Crippen molar-refractivity contribution < 1.29 is 33.8 Å². The summed E-state index contributed by atoms with van der Waals surface area (Å²) < 4.78 is 10.2. The third-order valence-corrected chi connectivity index (χ3v) is 5.67. The number of esters is 1. The van der Waals surface area contributed by atoms with Crippen LogP contribution in [0.15, 0.2) is 30.3 Å². The maximum atomic E-state index is 12.9. The van der Waals surface area contributed by atoms with Crippen molar-refractivity contribution in [2.45, 2.75) is 43.8 Å². The first-order valence-electron chi connectivity index (χ1n) is 9.75. The van der Waals surface area contributed by atoms with Gasteiger partial charge in [-0.25, -0.2) is 4.79 Å². The average Bonchev–Trinajstić information content (AvgIpc) is 3.32. The second-order valence-electron chi connectivity index (χ2n) is 8.23. The third-order valence-electron chi connectivity index (χ3n) is 5.67. The minimum Gasteiger partial charge on any atom is -0.553 e. The smallest absolute Gasteiger partial charge is 0.343 e. The number of carbonyl (C=O) groups is 2. The van der Waals surface area contributed by atoms with Crippen LogP contribution in [0.25, 0.3) is 0 Å². The Balaban J connectivity index is 0.000000500. The number of quaternary nitrogens is 1. The van der Waals surface area contributed by atoms with Gasteiger partial charge in [0.05, 0.1) is 20.6 Å². The number of carboxylic acid groups (broad SMARTS) is 1. The van der Waals surface area contributed by atoms with Crippen LogP contribution in [0.2, 0.25) is 0 Å². The normalized spacial score (nSPS) is 23.2.